The van der Waals surface area contributed by atoms with Gasteiger partial charge in [-0.1, -0.05) is 12.7 Å². The normalized spacial score (nSPS) is 55.3. The minimum atomic E-state index is 0.454. The lowest BCUT2D eigenvalue weighted by atomic mass is 9.48. The van der Waals surface area contributed by atoms with Gasteiger partial charge in [0.25, 0.3) is 0 Å². The maximum Gasteiger partial charge on any atom is 0.0699 e. The van der Waals surface area contributed by atoms with Crippen molar-refractivity contribution in [3.63, 3.8) is 0 Å². The molecule has 0 nitrogen and oxygen atoms in total. The van der Waals surface area contributed by atoms with Crippen molar-refractivity contribution in [2.24, 2.45) is 29.6 Å². The molecular formula is C12H19B. The second kappa shape index (κ2) is 2.78. The lowest BCUT2D eigenvalue weighted by Crippen LogP contribution is -2.46. The van der Waals surface area contributed by atoms with Crippen molar-refractivity contribution in [1.29, 1.82) is 0 Å². The first kappa shape index (κ1) is 8.38. The Labute approximate surface area is 82.9 Å². The van der Waals surface area contributed by atoms with Gasteiger partial charge in [0, 0.05) is 0 Å². The molecule has 0 aromatic carbocycles. The molecule has 1 atom stereocenters. The van der Waals surface area contributed by atoms with Crippen LogP contribution in [-0.4, -0.2) is 7.85 Å². The molecule has 4 aliphatic rings. The highest BCUT2D eigenvalue weighted by molar-refractivity contribution is 6.11. The van der Waals surface area contributed by atoms with Gasteiger partial charge in [0.05, 0.1) is 7.85 Å². The van der Waals surface area contributed by atoms with E-state index in [1.165, 1.54) is 25.7 Å². The Morgan fingerprint density at radius 3 is 1.77 bits per heavy atom. The van der Waals surface area contributed by atoms with Gasteiger partial charge in [-0.05, 0) is 61.7 Å². The zero-order chi connectivity index (χ0) is 9.00. The molecule has 0 amide bonds. The van der Waals surface area contributed by atoms with E-state index in [0.717, 1.165) is 29.6 Å². The van der Waals surface area contributed by atoms with E-state index in [1.54, 1.807) is 6.42 Å². The van der Waals surface area contributed by atoms with Crippen molar-refractivity contribution < 1.29 is 0 Å². The van der Waals surface area contributed by atoms with Gasteiger partial charge in [-0.15, -0.1) is 0 Å². The van der Waals surface area contributed by atoms with Gasteiger partial charge in [0.15, 0.2) is 0 Å². The molecular weight excluding hydrogens is 155 g/mol. The smallest absolute Gasteiger partial charge is 0.0699 e. The summed E-state index contributed by atoms with van der Waals surface area (Å²) in [5.74, 6) is 5.55. The van der Waals surface area contributed by atoms with E-state index in [2.05, 4.69) is 6.92 Å². The summed E-state index contributed by atoms with van der Waals surface area (Å²) < 4.78 is 0. The van der Waals surface area contributed by atoms with E-state index in [0.29, 0.717) is 5.82 Å². The molecule has 4 rings (SSSR count). The van der Waals surface area contributed by atoms with Crippen LogP contribution in [0.15, 0.2) is 0 Å². The fraction of sp³-hybridized carbons (Fsp3) is 1.00. The molecule has 1 unspecified atom stereocenters. The number of hydrogen-bond donors (Lipinski definition) is 0. The molecule has 13 heavy (non-hydrogen) atoms. The molecule has 4 aliphatic carbocycles. The topological polar surface area (TPSA) is 0 Å². The molecule has 4 bridgehead atoms. The molecule has 1 heteroatoms. The Kier molecular flexibility index (Phi) is 1.79. The predicted molar refractivity (Wildman–Crippen MR) is 55.7 cm³/mol. The Hall–Kier alpha value is 0.0649. The van der Waals surface area contributed by atoms with Crippen molar-refractivity contribution in [1.82, 2.24) is 0 Å². The van der Waals surface area contributed by atoms with Gasteiger partial charge >= 0.3 is 0 Å². The average molecular weight is 174 g/mol. The summed E-state index contributed by atoms with van der Waals surface area (Å²) >= 11 is 0. The summed E-state index contributed by atoms with van der Waals surface area (Å²) in [6.07, 6.45) is 7.61. The van der Waals surface area contributed by atoms with Crippen LogP contribution >= 0.6 is 0 Å². The highest BCUT2D eigenvalue weighted by Crippen LogP contribution is 2.58. The maximum absolute atomic E-state index is 6.12. The molecule has 0 aliphatic heterocycles. The Morgan fingerprint density at radius 1 is 0.923 bits per heavy atom. The third kappa shape index (κ3) is 1.19. The Morgan fingerprint density at radius 2 is 1.38 bits per heavy atom. The molecule has 0 aromatic heterocycles. The van der Waals surface area contributed by atoms with Gasteiger partial charge in [0.1, 0.15) is 0 Å². The molecule has 2 radical (unpaired) electrons. The molecule has 0 aromatic rings. The third-order valence-electron chi connectivity index (χ3n) is 4.91. The van der Waals surface area contributed by atoms with Crippen LogP contribution in [0.1, 0.15) is 39.0 Å². The van der Waals surface area contributed by atoms with Gasteiger partial charge in [-0.25, -0.2) is 0 Å². The van der Waals surface area contributed by atoms with Gasteiger partial charge in [-0.3, -0.25) is 0 Å². The molecule has 0 heterocycles. The molecule has 0 N–H and O–H groups in total. The summed E-state index contributed by atoms with van der Waals surface area (Å²) in [5, 5.41) is 0. The van der Waals surface area contributed by atoms with Gasteiger partial charge in [0.2, 0.25) is 0 Å². The van der Waals surface area contributed by atoms with E-state index in [-0.39, 0.29) is 0 Å². The lowest BCUT2D eigenvalue weighted by molar-refractivity contribution is -0.0371. The summed E-state index contributed by atoms with van der Waals surface area (Å²) in [6, 6.07) is 0. The minimum absolute atomic E-state index is 0.454. The van der Waals surface area contributed by atoms with Crippen molar-refractivity contribution in [2.75, 3.05) is 0 Å². The third-order valence-corrected chi connectivity index (χ3v) is 4.91. The number of hydrogen-bond acceptors (Lipinski definition) is 0. The fourth-order valence-corrected chi connectivity index (χ4v) is 4.83. The summed E-state index contributed by atoms with van der Waals surface area (Å²) in [4.78, 5) is 0. The largest absolute Gasteiger partial charge is 0.0769 e. The Balaban J connectivity index is 1.85. The van der Waals surface area contributed by atoms with Crippen molar-refractivity contribution in [2.45, 2.75) is 44.8 Å². The quantitative estimate of drug-likeness (QED) is 0.536. The van der Waals surface area contributed by atoms with Crippen LogP contribution in [0.3, 0.4) is 0 Å². The van der Waals surface area contributed by atoms with Crippen LogP contribution in [0.5, 0.6) is 0 Å². The van der Waals surface area contributed by atoms with Crippen LogP contribution < -0.4 is 0 Å². The molecule has 4 saturated carbocycles. The van der Waals surface area contributed by atoms with Gasteiger partial charge < -0.3 is 0 Å². The SMILES string of the molecule is [B]C(C)C1C2CC3CC(C2)CC1C3. The molecule has 4 fully saturated rings. The second-order valence-electron chi connectivity index (χ2n) is 5.87. The molecule has 0 saturated heterocycles. The first-order valence-electron chi connectivity index (χ1n) is 5.99. The van der Waals surface area contributed by atoms with Crippen LogP contribution in [0, 0.1) is 29.6 Å². The number of rotatable bonds is 1. The van der Waals surface area contributed by atoms with Crippen molar-refractivity contribution in [3.05, 3.63) is 0 Å². The minimum Gasteiger partial charge on any atom is -0.0769 e. The van der Waals surface area contributed by atoms with Crippen LogP contribution in [-0.2, 0) is 0 Å². The van der Waals surface area contributed by atoms with Crippen LogP contribution in [0.4, 0.5) is 0 Å². The van der Waals surface area contributed by atoms with E-state index < -0.39 is 0 Å². The molecule has 0 spiro atoms. The zero-order valence-electron chi connectivity index (χ0n) is 8.58. The van der Waals surface area contributed by atoms with Gasteiger partial charge in [-0.2, -0.15) is 0 Å². The highest BCUT2D eigenvalue weighted by Gasteiger charge is 2.48. The van der Waals surface area contributed by atoms with E-state index in [4.69, 9.17) is 7.85 Å². The fourth-order valence-electron chi connectivity index (χ4n) is 4.83. The monoisotopic (exact) mass is 174 g/mol. The second-order valence-corrected chi connectivity index (χ2v) is 5.87. The Bertz CT molecular complexity index is 181. The summed E-state index contributed by atoms with van der Waals surface area (Å²) in [7, 11) is 6.12. The van der Waals surface area contributed by atoms with E-state index in [1.807, 2.05) is 0 Å². The van der Waals surface area contributed by atoms with E-state index in [9.17, 15) is 0 Å². The first-order valence-corrected chi connectivity index (χ1v) is 5.99. The molecule has 70 valence electrons. The van der Waals surface area contributed by atoms with E-state index >= 15 is 0 Å². The first-order chi connectivity index (χ1) is 6.24. The highest BCUT2D eigenvalue weighted by atomic mass is 14.5. The summed E-state index contributed by atoms with van der Waals surface area (Å²) in [6.45, 7) is 2.23. The zero-order valence-corrected chi connectivity index (χ0v) is 8.58. The standard InChI is InChI=1S/C12H19B/c1-7(13)12-10-3-8-2-9(5-10)6-11(12)4-8/h7-12H,2-6H2,1H3. The summed E-state index contributed by atoms with van der Waals surface area (Å²) in [5.41, 5.74) is 0. The van der Waals surface area contributed by atoms with Crippen LogP contribution in [0.25, 0.3) is 0 Å². The van der Waals surface area contributed by atoms with Crippen LogP contribution in [0.2, 0.25) is 5.82 Å². The van der Waals surface area contributed by atoms with Crippen molar-refractivity contribution >= 4 is 7.85 Å². The predicted octanol–water partition coefficient (Wildman–Crippen LogP) is 3.04. The average Bonchev–Trinajstić information content (AvgIpc) is 2.00. The maximum atomic E-state index is 6.12. The van der Waals surface area contributed by atoms with Crippen molar-refractivity contribution in [3.8, 4) is 0 Å². The lowest BCUT2D eigenvalue weighted by Gasteiger charge is -2.56.